The fourth-order valence-corrected chi connectivity index (χ4v) is 2.28. The number of nitrogens with one attached hydrogen (secondary N) is 1. The lowest BCUT2D eigenvalue weighted by atomic mass is 9.95. The quantitative estimate of drug-likeness (QED) is 0.649. The van der Waals surface area contributed by atoms with Crippen LogP contribution in [0, 0.1) is 0 Å². The second-order valence-corrected chi connectivity index (χ2v) is 4.58. The van der Waals surface area contributed by atoms with Crippen LogP contribution in [0.3, 0.4) is 0 Å². The molecule has 0 saturated heterocycles. The molecule has 3 nitrogen and oxygen atoms in total. The highest BCUT2D eigenvalue weighted by Crippen LogP contribution is 2.24. The van der Waals surface area contributed by atoms with Crippen molar-refractivity contribution < 1.29 is 4.79 Å². The second kappa shape index (κ2) is 5.30. The third-order valence-electron chi connectivity index (χ3n) is 2.99. The molecule has 0 aliphatic heterocycles. The van der Waals surface area contributed by atoms with Crippen molar-refractivity contribution in [3.8, 4) is 0 Å². The summed E-state index contributed by atoms with van der Waals surface area (Å²) in [6.45, 7) is 0. The van der Waals surface area contributed by atoms with Crippen LogP contribution >= 0.6 is 11.6 Å². The van der Waals surface area contributed by atoms with E-state index in [1.165, 1.54) is 25.5 Å². The van der Waals surface area contributed by atoms with Gasteiger partial charge in [-0.15, -0.1) is 0 Å². The first-order chi connectivity index (χ1) is 7.79. The highest BCUT2D eigenvalue weighted by Gasteiger charge is 2.14. The Morgan fingerprint density at radius 1 is 1.38 bits per heavy atom. The standard InChI is InChI=1S/C12H15ClN2O/c13-12-6-11(9(8-16)7-14-12)15-10-4-2-1-3-5-10/h6-8,10H,1-5H2,(H,14,15). The number of nitrogens with zero attached hydrogens (tertiary/aromatic N) is 1. The van der Waals surface area contributed by atoms with Gasteiger partial charge in [-0.3, -0.25) is 4.79 Å². The Kier molecular flexibility index (Phi) is 3.78. The Labute approximate surface area is 100 Å². The minimum atomic E-state index is 0.420. The van der Waals surface area contributed by atoms with Crippen molar-refractivity contribution in [1.29, 1.82) is 0 Å². The smallest absolute Gasteiger partial charge is 0.153 e. The summed E-state index contributed by atoms with van der Waals surface area (Å²) in [5.74, 6) is 0. The van der Waals surface area contributed by atoms with Gasteiger partial charge in [-0.2, -0.15) is 0 Å². The Balaban J connectivity index is 2.12. The summed E-state index contributed by atoms with van der Waals surface area (Å²) in [4.78, 5) is 14.8. The number of halogens is 1. The zero-order valence-corrected chi connectivity index (χ0v) is 9.83. The maximum absolute atomic E-state index is 10.9. The molecule has 1 aromatic rings. The highest BCUT2D eigenvalue weighted by atomic mass is 35.5. The molecule has 2 rings (SSSR count). The van der Waals surface area contributed by atoms with Gasteiger partial charge in [0, 0.05) is 17.9 Å². The first kappa shape index (κ1) is 11.4. The van der Waals surface area contributed by atoms with E-state index in [-0.39, 0.29) is 0 Å². The van der Waals surface area contributed by atoms with E-state index in [0.29, 0.717) is 16.8 Å². The van der Waals surface area contributed by atoms with Crippen LogP contribution in [0.15, 0.2) is 12.3 Å². The second-order valence-electron chi connectivity index (χ2n) is 4.19. The van der Waals surface area contributed by atoms with Crippen LogP contribution < -0.4 is 5.32 Å². The molecule has 0 bridgehead atoms. The van der Waals surface area contributed by atoms with E-state index >= 15 is 0 Å². The van der Waals surface area contributed by atoms with Crippen LogP contribution in [-0.4, -0.2) is 17.3 Å². The number of aromatic nitrogens is 1. The van der Waals surface area contributed by atoms with Crippen molar-refractivity contribution in [2.24, 2.45) is 0 Å². The van der Waals surface area contributed by atoms with E-state index in [1.54, 1.807) is 6.07 Å². The molecule has 0 spiro atoms. The molecule has 1 fully saturated rings. The lowest BCUT2D eigenvalue weighted by Crippen LogP contribution is -2.22. The molecular formula is C12H15ClN2O. The first-order valence-electron chi connectivity index (χ1n) is 5.67. The van der Waals surface area contributed by atoms with Crippen molar-refractivity contribution in [3.63, 3.8) is 0 Å². The summed E-state index contributed by atoms with van der Waals surface area (Å²) in [6, 6.07) is 2.19. The number of rotatable bonds is 3. The molecule has 1 aliphatic carbocycles. The molecule has 1 N–H and O–H groups in total. The molecule has 86 valence electrons. The van der Waals surface area contributed by atoms with Gasteiger partial charge in [0.1, 0.15) is 5.15 Å². The van der Waals surface area contributed by atoms with Gasteiger partial charge in [-0.05, 0) is 18.9 Å². The number of carbonyl (C=O) groups is 1. The third-order valence-corrected chi connectivity index (χ3v) is 3.20. The van der Waals surface area contributed by atoms with Crippen molar-refractivity contribution in [2.45, 2.75) is 38.1 Å². The monoisotopic (exact) mass is 238 g/mol. The maximum Gasteiger partial charge on any atom is 0.153 e. The van der Waals surface area contributed by atoms with E-state index in [2.05, 4.69) is 10.3 Å². The largest absolute Gasteiger partial charge is 0.382 e. The van der Waals surface area contributed by atoms with Crippen molar-refractivity contribution in [1.82, 2.24) is 4.98 Å². The van der Waals surface area contributed by atoms with Gasteiger partial charge >= 0.3 is 0 Å². The molecule has 0 amide bonds. The lowest BCUT2D eigenvalue weighted by Gasteiger charge is -2.24. The van der Waals surface area contributed by atoms with Crippen molar-refractivity contribution in [3.05, 3.63) is 23.0 Å². The van der Waals surface area contributed by atoms with Crippen LogP contribution in [0.4, 0.5) is 5.69 Å². The topological polar surface area (TPSA) is 42.0 Å². The molecule has 0 atom stereocenters. The first-order valence-corrected chi connectivity index (χ1v) is 6.04. The number of anilines is 1. The Hall–Kier alpha value is -1.09. The average Bonchev–Trinajstić information content (AvgIpc) is 2.31. The van der Waals surface area contributed by atoms with Crippen LogP contribution in [0.25, 0.3) is 0 Å². The van der Waals surface area contributed by atoms with Crippen LogP contribution in [0.1, 0.15) is 42.5 Å². The van der Waals surface area contributed by atoms with Gasteiger partial charge in [0.05, 0.1) is 5.56 Å². The lowest BCUT2D eigenvalue weighted by molar-refractivity contribution is 0.112. The molecule has 16 heavy (non-hydrogen) atoms. The van der Waals surface area contributed by atoms with Gasteiger partial charge in [0.2, 0.25) is 0 Å². The van der Waals surface area contributed by atoms with Gasteiger partial charge in [0.25, 0.3) is 0 Å². The van der Waals surface area contributed by atoms with Gasteiger partial charge in [-0.25, -0.2) is 4.98 Å². The Morgan fingerprint density at radius 3 is 2.81 bits per heavy atom. The van der Waals surface area contributed by atoms with Crippen molar-refractivity contribution in [2.75, 3.05) is 5.32 Å². The average molecular weight is 239 g/mol. The summed E-state index contributed by atoms with van der Waals surface area (Å²) in [5, 5.41) is 3.81. The van der Waals surface area contributed by atoms with Gasteiger partial charge < -0.3 is 5.32 Å². The number of hydrogen-bond acceptors (Lipinski definition) is 3. The summed E-state index contributed by atoms with van der Waals surface area (Å²) in [5.41, 5.74) is 1.39. The minimum absolute atomic E-state index is 0.420. The van der Waals surface area contributed by atoms with E-state index in [9.17, 15) is 4.79 Å². The summed E-state index contributed by atoms with van der Waals surface area (Å²) < 4.78 is 0. The number of pyridine rings is 1. The van der Waals surface area contributed by atoms with Gasteiger partial charge in [-0.1, -0.05) is 30.9 Å². The molecule has 0 unspecified atom stereocenters. The maximum atomic E-state index is 10.9. The minimum Gasteiger partial charge on any atom is -0.382 e. The van der Waals surface area contributed by atoms with E-state index < -0.39 is 0 Å². The number of carbonyl (C=O) groups excluding carboxylic acids is 1. The zero-order valence-electron chi connectivity index (χ0n) is 9.08. The van der Waals surface area contributed by atoms with Crippen molar-refractivity contribution >= 4 is 23.6 Å². The normalized spacial score (nSPS) is 17.1. The van der Waals surface area contributed by atoms with E-state index in [0.717, 1.165) is 24.8 Å². The predicted molar refractivity (Wildman–Crippen MR) is 65.1 cm³/mol. The zero-order chi connectivity index (χ0) is 11.4. The highest BCUT2D eigenvalue weighted by molar-refractivity contribution is 6.29. The summed E-state index contributed by atoms with van der Waals surface area (Å²) in [7, 11) is 0. The van der Waals surface area contributed by atoms with Gasteiger partial charge in [0.15, 0.2) is 6.29 Å². The Morgan fingerprint density at radius 2 is 2.12 bits per heavy atom. The molecule has 0 radical (unpaired) electrons. The molecule has 1 aromatic heterocycles. The SMILES string of the molecule is O=Cc1cnc(Cl)cc1NC1CCCCC1. The van der Waals surface area contributed by atoms with Crippen LogP contribution in [0.5, 0.6) is 0 Å². The molecular weight excluding hydrogens is 224 g/mol. The fourth-order valence-electron chi connectivity index (χ4n) is 2.13. The van der Waals surface area contributed by atoms with Crippen LogP contribution in [0.2, 0.25) is 5.15 Å². The molecule has 0 aromatic carbocycles. The molecule has 1 heterocycles. The van der Waals surface area contributed by atoms with E-state index in [4.69, 9.17) is 11.6 Å². The third kappa shape index (κ3) is 2.73. The Bertz CT molecular complexity index is 375. The summed E-state index contributed by atoms with van der Waals surface area (Å²) >= 11 is 5.82. The number of aldehydes is 1. The fraction of sp³-hybridized carbons (Fsp3) is 0.500. The number of hydrogen-bond donors (Lipinski definition) is 1. The van der Waals surface area contributed by atoms with E-state index in [1.807, 2.05) is 0 Å². The summed E-state index contributed by atoms with van der Waals surface area (Å²) in [6.07, 6.45) is 8.49. The molecule has 1 aliphatic rings. The molecule has 1 saturated carbocycles. The van der Waals surface area contributed by atoms with Crippen LogP contribution in [-0.2, 0) is 0 Å². The predicted octanol–water partition coefficient (Wildman–Crippen LogP) is 3.29. The molecule has 4 heteroatoms.